The van der Waals surface area contributed by atoms with Crippen molar-refractivity contribution >= 4 is 22.5 Å². The van der Waals surface area contributed by atoms with Crippen LogP contribution in [0.1, 0.15) is 50.4 Å². The Balaban J connectivity index is 1.13. The molecule has 5 aromatic rings. The number of nitrogens with one attached hydrogen (secondary N) is 1. The summed E-state index contributed by atoms with van der Waals surface area (Å²) < 4.78 is 20.7. The van der Waals surface area contributed by atoms with E-state index in [9.17, 15) is 9.18 Å². The molecule has 0 spiro atoms. The molecule has 0 saturated carbocycles. The lowest BCUT2D eigenvalue weighted by Gasteiger charge is -2.18. The summed E-state index contributed by atoms with van der Waals surface area (Å²) in [5, 5.41) is 4.90. The molecule has 180 valence electrons. The highest BCUT2D eigenvalue weighted by atomic mass is 19.1. The second-order valence-corrected chi connectivity index (χ2v) is 9.50. The summed E-state index contributed by atoms with van der Waals surface area (Å²) >= 11 is 0. The van der Waals surface area contributed by atoms with Crippen LogP contribution < -0.4 is 11.1 Å². The maximum Gasteiger partial charge on any atom is 0.251 e. The third-order valence-electron chi connectivity index (χ3n) is 7.34. The van der Waals surface area contributed by atoms with Crippen LogP contribution in [0.5, 0.6) is 0 Å². The van der Waals surface area contributed by atoms with Gasteiger partial charge in [-0.1, -0.05) is 48.5 Å². The van der Waals surface area contributed by atoms with E-state index in [4.69, 9.17) is 10.5 Å². The van der Waals surface area contributed by atoms with Crippen molar-refractivity contribution in [3.8, 4) is 11.1 Å². The van der Waals surface area contributed by atoms with Crippen LogP contribution in [0, 0.1) is 5.82 Å². The van der Waals surface area contributed by atoms with E-state index in [2.05, 4.69) is 10.3 Å². The predicted molar refractivity (Wildman–Crippen MR) is 140 cm³/mol. The molecule has 2 unspecified atom stereocenters. The molecule has 3 heterocycles. The SMILES string of the molecule is Nc1nccc2cc(CNC(=O)c3ccc4c(c3)C3OC4c4ccc(-c5ccccc5F)cc43)ccc12. The van der Waals surface area contributed by atoms with Gasteiger partial charge in [0.15, 0.2) is 0 Å². The smallest absolute Gasteiger partial charge is 0.251 e. The van der Waals surface area contributed by atoms with E-state index in [-0.39, 0.29) is 23.9 Å². The number of pyridine rings is 1. The first-order chi connectivity index (χ1) is 18.1. The summed E-state index contributed by atoms with van der Waals surface area (Å²) in [4.78, 5) is 17.2. The van der Waals surface area contributed by atoms with Crippen LogP contribution >= 0.6 is 0 Å². The van der Waals surface area contributed by atoms with Gasteiger partial charge in [-0.05, 0) is 75.2 Å². The molecule has 0 radical (unpaired) electrons. The predicted octanol–water partition coefficient (Wildman–Crippen LogP) is 6.08. The van der Waals surface area contributed by atoms with Crippen LogP contribution in [0.2, 0.25) is 0 Å². The summed E-state index contributed by atoms with van der Waals surface area (Å²) in [5.74, 6) is 0.0861. The number of carbonyl (C=O) groups excluding carboxylic acids is 1. The third-order valence-corrected chi connectivity index (χ3v) is 7.34. The average Bonchev–Trinajstić information content (AvgIpc) is 3.49. The Labute approximate surface area is 212 Å². The minimum absolute atomic E-state index is 0.153. The van der Waals surface area contributed by atoms with E-state index in [1.165, 1.54) is 6.07 Å². The Bertz CT molecular complexity index is 1730. The van der Waals surface area contributed by atoms with Gasteiger partial charge in [0.25, 0.3) is 5.91 Å². The van der Waals surface area contributed by atoms with Crippen molar-refractivity contribution in [1.29, 1.82) is 0 Å². The number of hydrogen-bond acceptors (Lipinski definition) is 4. The van der Waals surface area contributed by atoms with Gasteiger partial charge < -0.3 is 15.8 Å². The maximum absolute atomic E-state index is 14.4. The minimum atomic E-state index is -0.269. The van der Waals surface area contributed by atoms with Gasteiger partial charge in [-0.15, -0.1) is 0 Å². The summed E-state index contributed by atoms with van der Waals surface area (Å²) in [6, 6.07) is 26.3. The fourth-order valence-electron chi connectivity index (χ4n) is 5.49. The van der Waals surface area contributed by atoms with Gasteiger partial charge in [-0.3, -0.25) is 4.79 Å². The number of aromatic nitrogens is 1. The number of carbonyl (C=O) groups is 1. The third kappa shape index (κ3) is 3.49. The van der Waals surface area contributed by atoms with Crippen molar-refractivity contribution in [2.45, 2.75) is 18.8 Å². The maximum atomic E-state index is 14.4. The first-order valence-electron chi connectivity index (χ1n) is 12.2. The van der Waals surface area contributed by atoms with Crippen molar-refractivity contribution in [2.75, 3.05) is 5.73 Å². The van der Waals surface area contributed by atoms with Crippen molar-refractivity contribution in [2.24, 2.45) is 0 Å². The quantitative estimate of drug-likeness (QED) is 0.322. The molecule has 0 aliphatic carbocycles. The number of nitrogen functional groups attached to an aromatic ring is 1. The Hall–Kier alpha value is -4.55. The molecule has 1 aromatic heterocycles. The van der Waals surface area contributed by atoms with E-state index in [0.717, 1.165) is 44.2 Å². The highest BCUT2D eigenvalue weighted by Crippen LogP contribution is 2.54. The number of amides is 1. The summed E-state index contributed by atoms with van der Waals surface area (Å²) in [5.41, 5.74) is 13.1. The molecule has 2 aliphatic heterocycles. The number of nitrogens with two attached hydrogens (primary N) is 1. The highest BCUT2D eigenvalue weighted by molar-refractivity contribution is 5.95. The molecular formula is C31H22FN3O2. The highest BCUT2D eigenvalue weighted by Gasteiger charge is 2.43. The van der Waals surface area contributed by atoms with Gasteiger partial charge in [0.1, 0.15) is 23.8 Å². The molecule has 3 N–H and O–H groups in total. The fourth-order valence-corrected chi connectivity index (χ4v) is 5.49. The number of anilines is 1. The standard InChI is InChI=1S/C31H22FN3O2/c32-27-4-2-1-3-21(27)18-6-9-23-25(14-18)29-26-15-20(7-10-24(26)28(23)37-29)31(36)35-16-17-5-8-22-19(13-17)11-12-34-30(22)33/h1-15,28-29H,16H2,(H2,33,34)(H,35,36). The Morgan fingerprint density at radius 2 is 1.68 bits per heavy atom. The van der Waals surface area contributed by atoms with E-state index in [0.29, 0.717) is 23.5 Å². The minimum Gasteiger partial charge on any atom is -0.383 e. The molecule has 0 saturated heterocycles. The summed E-state index contributed by atoms with van der Waals surface area (Å²) in [7, 11) is 0. The molecule has 2 atom stereocenters. The topological polar surface area (TPSA) is 77.2 Å². The zero-order chi connectivity index (χ0) is 25.1. The first kappa shape index (κ1) is 21.7. The number of nitrogens with zero attached hydrogens (tertiary/aromatic N) is 1. The van der Waals surface area contributed by atoms with Crippen LogP contribution in [-0.2, 0) is 11.3 Å². The van der Waals surface area contributed by atoms with Gasteiger partial charge in [0, 0.05) is 29.3 Å². The molecule has 0 fully saturated rings. The van der Waals surface area contributed by atoms with Crippen LogP contribution in [-0.4, -0.2) is 10.9 Å². The Morgan fingerprint density at radius 3 is 2.54 bits per heavy atom. The monoisotopic (exact) mass is 487 g/mol. The molecule has 37 heavy (non-hydrogen) atoms. The van der Waals surface area contributed by atoms with E-state index < -0.39 is 0 Å². The van der Waals surface area contributed by atoms with Gasteiger partial charge >= 0.3 is 0 Å². The number of rotatable bonds is 4. The molecule has 5 nitrogen and oxygen atoms in total. The lowest BCUT2D eigenvalue weighted by Crippen LogP contribution is -2.23. The molecular weight excluding hydrogens is 465 g/mol. The summed E-state index contributed by atoms with van der Waals surface area (Å²) in [6.07, 6.45) is 1.24. The van der Waals surface area contributed by atoms with Crippen molar-refractivity contribution in [1.82, 2.24) is 10.3 Å². The molecule has 6 heteroatoms. The molecule has 7 rings (SSSR count). The van der Waals surface area contributed by atoms with E-state index >= 15 is 0 Å². The molecule has 2 bridgehead atoms. The normalized spacial score (nSPS) is 17.0. The Morgan fingerprint density at radius 1 is 0.892 bits per heavy atom. The molecule has 1 amide bonds. The van der Waals surface area contributed by atoms with Crippen molar-refractivity contribution < 1.29 is 13.9 Å². The number of ether oxygens (including phenoxy) is 1. The van der Waals surface area contributed by atoms with Crippen LogP contribution in [0.25, 0.3) is 21.9 Å². The number of halogens is 1. The molecule has 4 aromatic carbocycles. The van der Waals surface area contributed by atoms with Crippen LogP contribution in [0.15, 0.2) is 91.1 Å². The van der Waals surface area contributed by atoms with Crippen LogP contribution in [0.3, 0.4) is 0 Å². The zero-order valence-corrected chi connectivity index (χ0v) is 19.7. The van der Waals surface area contributed by atoms with Gasteiger partial charge in [0.05, 0.1) is 0 Å². The zero-order valence-electron chi connectivity index (χ0n) is 19.7. The average molecular weight is 488 g/mol. The van der Waals surface area contributed by atoms with Gasteiger partial charge in [-0.2, -0.15) is 0 Å². The molecule has 2 aliphatic rings. The lowest BCUT2D eigenvalue weighted by molar-refractivity contribution is 0.0857. The van der Waals surface area contributed by atoms with Crippen LogP contribution in [0.4, 0.5) is 10.2 Å². The number of hydrogen-bond donors (Lipinski definition) is 2. The lowest BCUT2D eigenvalue weighted by atomic mass is 9.83. The second-order valence-electron chi connectivity index (χ2n) is 9.50. The summed E-state index contributed by atoms with van der Waals surface area (Å²) in [6.45, 7) is 0.394. The van der Waals surface area contributed by atoms with E-state index in [1.54, 1.807) is 18.3 Å². The van der Waals surface area contributed by atoms with Gasteiger partial charge in [0.2, 0.25) is 0 Å². The van der Waals surface area contributed by atoms with Crippen molar-refractivity contribution in [3.63, 3.8) is 0 Å². The van der Waals surface area contributed by atoms with Gasteiger partial charge in [-0.25, -0.2) is 9.37 Å². The van der Waals surface area contributed by atoms with E-state index in [1.807, 2.05) is 66.7 Å². The first-order valence-corrected chi connectivity index (χ1v) is 12.2. The largest absolute Gasteiger partial charge is 0.383 e. The number of fused-ring (bicyclic) bond motifs is 9. The Kier molecular flexibility index (Phi) is 4.84. The second kappa shape index (κ2) is 8.25. The number of benzene rings is 4. The van der Waals surface area contributed by atoms with Crippen molar-refractivity contribution in [3.05, 3.63) is 130 Å². The fraction of sp³-hybridized carbons (Fsp3) is 0.0968.